The maximum absolute atomic E-state index is 11.7. The average Bonchev–Trinajstić information content (AvgIpc) is 2.96. The van der Waals surface area contributed by atoms with Crippen molar-refractivity contribution in [2.24, 2.45) is 0 Å². The molecule has 0 fully saturated rings. The SMILES string of the molecule is C[C@@H](Sc1n[nH]c(-c2cccs2)n1)C(=O)N(C)C. The molecule has 1 atom stereocenters. The number of thiophene rings is 1. The van der Waals surface area contributed by atoms with Crippen molar-refractivity contribution in [3.05, 3.63) is 17.5 Å². The lowest BCUT2D eigenvalue weighted by atomic mass is 10.4. The minimum absolute atomic E-state index is 0.0578. The normalized spacial score (nSPS) is 12.4. The van der Waals surface area contributed by atoms with Gasteiger partial charge in [0.2, 0.25) is 11.1 Å². The molecule has 0 aromatic carbocycles. The van der Waals surface area contributed by atoms with E-state index in [0.717, 1.165) is 10.7 Å². The van der Waals surface area contributed by atoms with Crippen molar-refractivity contribution in [3.8, 4) is 10.7 Å². The van der Waals surface area contributed by atoms with E-state index in [2.05, 4.69) is 15.2 Å². The fourth-order valence-corrected chi connectivity index (χ4v) is 2.93. The molecule has 0 radical (unpaired) electrons. The maximum Gasteiger partial charge on any atom is 0.235 e. The van der Waals surface area contributed by atoms with Crippen molar-refractivity contribution in [2.45, 2.75) is 17.3 Å². The zero-order valence-corrected chi connectivity index (χ0v) is 12.0. The Labute approximate surface area is 114 Å². The third kappa shape index (κ3) is 2.91. The van der Waals surface area contributed by atoms with Gasteiger partial charge in [-0.2, -0.15) is 0 Å². The van der Waals surface area contributed by atoms with Crippen LogP contribution in [0.4, 0.5) is 0 Å². The summed E-state index contributed by atoms with van der Waals surface area (Å²) in [7, 11) is 3.49. The van der Waals surface area contributed by atoms with Gasteiger partial charge in [-0.1, -0.05) is 17.8 Å². The van der Waals surface area contributed by atoms with E-state index in [4.69, 9.17) is 0 Å². The summed E-state index contributed by atoms with van der Waals surface area (Å²) >= 11 is 2.96. The Morgan fingerprint density at radius 2 is 2.33 bits per heavy atom. The molecule has 0 aliphatic heterocycles. The molecule has 1 amide bonds. The van der Waals surface area contributed by atoms with Crippen molar-refractivity contribution in [3.63, 3.8) is 0 Å². The first-order chi connectivity index (χ1) is 8.58. The van der Waals surface area contributed by atoms with E-state index in [1.54, 1.807) is 30.3 Å². The average molecular weight is 282 g/mol. The first-order valence-corrected chi connectivity index (χ1v) is 7.18. The van der Waals surface area contributed by atoms with Crippen molar-refractivity contribution >= 4 is 29.0 Å². The van der Waals surface area contributed by atoms with Crippen LogP contribution in [0.2, 0.25) is 0 Å². The number of H-pyrrole nitrogens is 1. The lowest BCUT2D eigenvalue weighted by molar-refractivity contribution is -0.127. The van der Waals surface area contributed by atoms with Crippen LogP contribution in [0.1, 0.15) is 6.92 Å². The number of aromatic amines is 1. The van der Waals surface area contributed by atoms with Crippen LogP contribution in [0.25, 0.3) is 10.7 Å². The Balaban J connectivity index is 2.05. The van der Waals surface area contributed by atoms with E-state index < -0.39 is 0 Å². The summed E-state index contributed by atoms with van der Waals surface area (Å²) in [5.74, 6) is 0.805. The van der Waals surface area contributed by atoms with Crippen molar-refractivity contribution in [1.29, 1.82) is 0 Å². The van der Waals surface area contributed by atoms with E-state index in [0.29, 0.717) is 5.16 Å². The fraction of sp³-hybridized carbons (Fsp3) is 0.364. The van der Waals surface area contributed by atoms with Gasteiger partial charge < -0.3 is 4.90 Å². The van der Waals surface area contributed by atoms with Gasteiger partial charge in [-0.3, -0.25) is 9.89 Å². The Bertz CT molecular complexity index is 521. The zero-order chi connectivity index (χ0) is 13.1. The molecule has 0 bridgehead atoms. The molecule has 0 unspecified atom stereocenters. The predicted molar refractivity (Wildman–Crippen MR) is 73.7 cm³/mol. The van der Waals surface area contributed by atoms with Gasteiger partial charge in [0, 0.05) is 14.1 Å². The van der Waals surface area contributed by atoms with Crippen LogP contribution < -0.4 is 0 Å². The second-order valence-corrected chi connectivity index (χ2v) is 6.19. The first-order valence-electron chi connectivity index (χ1n) is 5.42. The van der Waals surface area contributed by atoms with Gasteiger partial charge >= 0.3 is 0 Å². The molecule has 0 saturated heterocycles. The molecule has 5 nitrogen and oxygen atoms in total. The van der Waals surface area contributed by atoms with Gasteiger partial charge in [0.15, 0.2) is 5.82 Å². The number of carbonyl (C=O) groups is 1. The lowest BCUT2D eigenvalue weighted by Gasteiger charge is -2.14. The van der Waals surface area contributed by atoms with Gasteiger partial charge in [0.25, 0.3) is 0 Å². The number of nitrogens with zero attached hydrogens (tertiary/aromatic N) is 3. The monoisotopic (exact) mass is 282 g/mol. The van der Waals surface area contributed by atoms with Crippen LogP contribution >= 0.6 is 23.1 Å². The Morgan fingerprint density at radius 3 is 2.94 bits per heavy atom. The van der Waals surface area contributed by atoms with Crippen molar-refractivity contribution < 1.29 is 4.79 Å². The van der Waals surface area contributed by atoms with Crippen LogP contribution in [-0.2, 0) is 4.79 Å². The standard InChI is InChI=1S/C11H14N4OS2/c1-7(10(16)15(2)3)18-11-12-9(13-14-11)8-5-4-6-17-8/h4-7H,1-3H3,(H,12,13,14)/t7-/m1/s1. The van der Waals surface area contributed by atoms with Crippen molar-refractivity contribution in [2.75, 3.05) is 14.1 Å². The molecule has 2 aromatic rings. The van der Waals surface area contributed by atoms with Crippen molar-refractivity contribution in [1.82, 2.24) is 20.1 Å². The van der Waals surface area contributed by atoms with E-state index in [1.807, 2.05) is 24.4 Å². The summed E-state index contributed by atoms with van der Waals surface area (Å²) in [5.41, 5.74) is 0. The topological polar surface area (TPSA) is 61.9 Å². The molecule has 0 spiro atoms. The summed E-state index contributed by atoms with van der Waals surface area (Å²) < 4.78 is 0. The fourth-order valence-electron chi connectivity index (χ4n) is 1.39. The first kappa shape index (κ1) is 13.1. The highest BCUT2D eigenvalue weighted by molar-refractivity contribution is 8.00. The van der Waals surface area contributed by atoms with E-state index in [-0.39, 0.29) is 11.2 Å². The van der Waals surface area contributed by atoms with Gasteiger partial charge in [0.1, 0.15) is 0 Å². The third-order valence-corrected chi connectivity index (χ3v) is 4.12. The molecular formula is C11H14N4OS2. The highest BCUT2D eigenvalue weighted by atomic mass is 32.2. The highest BCUT2D eigenvalue weighted by Crippen LogP contribution is 2.25. The number of thioether (sulfide) groups is 1. The second-order valence-electron chi connectivity index (χ2n) is 3.94. The molecule has 0 aliphatic rings. The summed E-state index contributed by atoms with van der Waals surface area (Å²) in [5, 5.41) is 9.40. The smallest absolute Gasteiger partial charge is 0.235 e. The number of aromatic nitrogens is 3. The predicted octanol–water partition coefficient (Wildman–Crippen LogP) is 2.10. The Kier molecular flexibility index (Phi) is 4.03. The van der Waals surface area contributed by atoms with Crippen LogP contribution in [0.5, 0.6) is 0 Å². The second kappa shape index (κ2) is 5.53. The maximum atomic E-state index is 11.7. The number of rotatable bonds is 4. The quantitative estimate of drug-likeness (QED) is 0.872. The van der Waals surface area contributed by atoms with E-state index in [1.165, 1.54) is 11.8 Å². The largest absolute Gasteiger partial charge is 0.348 e. The number of carbonyl (C=O) groups excluding carboxylic acids is 1. The lowest BCUT2D eigenvalue weighted by Crippen LogP contribution is -2.29. The molecular weight excluding hydrogens is 268 g/mol. The summed E-state index contributed by atoms with van der Waals surface area (Å²) in [6.45, 7) is 1.86. The molecule has 0 aliphatic carbocycles. The number of hydrogen-bond donors (Lipinski definition) is 1. The molecule has 7 heteroatoms. The minimum atomic E-state index is -0.188. The molecule has 1 N–H and O–H groups in total. The third-order valence-electron chi connectivity index (χ3n) is 2.29. The summed E-state index contributed by atoms with van der Waals surface area (Å²) in [6.07, 6.45) is 0. The molecule has 2 heterocycles. The van der Waals surface area contributed by atoms with Gasteiger partial charge in [-0.05, 0) is 18.4 Å². The van der Waals surface area contributed by atoms with Crippen LogP contribution in [0.3, 0.4) is 0 Å². The Morgan fingerprint density at radius 1 is 1.56 bits per heavy atom. The van der Waals surface area contributed by atoms with Crippen LogP contribution in [0.15, 0.2) is 22.7 Å². The van der Waals surface area contributed by atoms with E-state index in [9.17, 15) is 4.79 Å². The number of nitrogens with one attached hydrogen (secondary N) is 1. The number of hydrogen-bond acceptors (Lipinski definition) is 5. The highest BCUT2D eigenvalue weighted by Gasteiger charge is 2.18. The minimum Gasteiger partial charge on any atom is -0.348 e. The number of amides is 1. The molecule has 0 saturated carbocycles. The zero-order valence-electron chi connectivity index (χ0n) is 10.4. The van der Waals surface area contributed by atoms with Gasteiger partial charge in [0.05, 0.1) is 10.1 Å². The summed E-state index contributed by atoms with van der Waals surface area (Å²) in [4.78, 5) is 18.7. The van der Waals surface area contributed by atoms with Crippen LogP contribution in [-0.4, -0.2) is 45.3 Å². The molecule has 2 rings (SSSR count). The van der Waals surface area contributed by atoms with E-state index >= 15 is 0 Å². The summed E-state index contributed by atoms with van der Waals surface area (Å²) in [6, 6.07) is 3.95. The van der Waals surface area contributed by atoms with Gasteiger partial charge in [-0.15, -0.1) is 16.4 Å². The molecule has 2 aromatic heterocycles. The van der Waals surface area contributed by atoms with Crippen LogP contribution in [0, 0.1) is 0 Å². The Hall–Kier alpha value is -1.34. The molecule has 96 valence electrons. The molecule has 18 heavy (non-hydrogen) atoms. The van der Waals surface area contributed by atoms with Gasteiger partial charge in [-0.25, -0.2) is 4.98 Å².